The van der Waals surface area contributed by atoms with Crippen molar-refractivity contribution in [3.05, 3.63) is 10.7 Å². The van der Waals surface area contributed by atoms with Crippen molar-refractivity contribution in [1.82, 2.24) is 9.97 Å². The monoisotopic (exact) mass is 297 g/mol. The van der Waals surface area contributed by atoms with Gasteiger partial charge in [-0.05, 0) is 36.2 Å². The lowest BCUT2D eigenvalue weighted by Crippen LogP contribution is -2.26. The Labute approximate surface area is 110 Å². The fourth-order valence-electron chi connectivity index (χ4n) is 1.02. The van der Waals surface area contributed by atoms with E-state index in [4.69, 9.17) is 11.2 Å². The number of rotatable bonds is 5. The highest BCUT2D eigenvalue weighted by Gasteiger charge is 2.19. The molecule has 0 spiro atoms. The quantitative estimate of drug-likeness (QED) is 0.849. The van der Waals surface area contributed by atoms with E-state index in [1.165, 1.54) is 0 Å². The van der Waals surface area contributed by atoms with Gasteiger partial charge in [-0.2, -0.15) is 4.98 Å². The third-order valence-electron chi connectivity index (χ3n) is 1.94. The summed E-state index contributed by atoms with van der Waals surface area (Å²) >= 11 is 3.33. The van der Waals surface area contributed by atoms with E-state index < -0.39 is 5.60 Å². The molecule has 0 saturated carbocycles. The molecule has 92 valence electrons. The fourth-order valence-corrected chi connectivity index (χ4v) is 1.29. The molecular formula is C12H16BrN3O. The molecule has 5 heteroatoms. The number of nitrogens with zero attached hydrogens (tertiary/aromatic N) is 2. The maximum atomic E-state index is 5.63. The van der Waals surface area contributed by atoms with Crippen molar-refractivity contribution in [3.8, 4) is 18.2 Å². The Kier molecular flexibility index (Phi) is 4.76. The van der Waals surface area contributed by atoms with Gasteiger partial charge in [0.05, 0.1) is 10.7 Å². The molecule has 0 fully saturated rings. The van der Waals surface area contributed by atoms with Crippen LogP contribution in [0.5, 0.6) is 5.88 Å². The van der Waals surface area contributed by atoms with E-state index in [1.807, 2.05) is 0 Å². The zero-order valence-electron chi connectivity index (χ0n) is 10.2. The molecular weight excluding hydrogens is 282 g/mol. The number of halogens is 1. The summed E-state index contributed by atoms with van der Waals surface area (Å²) < 4.78 is 6.31. The molecule has 17 heavy (non-hydrogen) atoms. The number of hydrogen-bond donors (Lipinski definition) is 1. The Hall–Kier alpha value is -1.28. The van der Waals surface area contributed by atoms with Gasteiger partial charge in [-0.3, -0.25) is 0 Å². The molecule has 1 heterocycles. The predicted octanol–water partition coefficient (Wildman–Crippen LogP) is 2.85. The molecule has 0 aliphatic carbocycles. The maximum absolute atomic E-state index is 5.63. The van der Waals surface area contributed by atoms with Crippen molar-refractivity contribution in [3.63, 3.8) is 0 Å². The highest BCUT2D eigenvalue weighted by Crippen LogP contribution is 2.26. The van der Waals surface area contributed by atoms with Crippen LogP contribution in [0.3, 0.4) is 0 Å². The van der Waals surface area contributed by atoms with Crippen LogP contribution < -0.4 is 10.1 Å². The highest BCUT2D eigenvalue weighted by atomic mass is 79.9. The summed E-state index contributed by atoms with van der Waals surface area (Å²) in [5.41, 5.74) is -0.696. The van der Waals surface area contributed by atoms with E-state index in [0.717, 1.165) is 13.0 Å². The van der Waals surface area contributed by atoms with Gasteiger partial charge in [-0.25, -0.2) is 4.98 Å². The van der Waals surface area contributed by atoms with Crippen LogP contribution in [0.2, 0.25) is 0 Å². The smallest absolute Gasteiger partial charge is 0.234 e. The molecule has 0 radical (unpaired) electrons. The van der Waals surface area contributed by atoms with Gasteiger partial charge in [-0.1, -0.05) is 12.8 Å². The van der Waals surface area contributed by atoms with Gasteiger partial charge in [0.1, 0.15) is 0 Å². The molecule has 0 unspecified atom stereocenters. The minimum absolute atomic E-state index is 0.446. The standard InChI is InChI=1S/C12H16BrN3O/c1-5-7-14-11-15-8-9(13)10(16-11)17-12(3,4)6-2/h2,8H,5,7H2,1,3-4H3,(H,14,15,16). The van der Waals surface area contributed by atoms with Crippen LogP contribution in [0.4, 0.5) is 5.95 Å². The Balaban J connectivity index is 2.88. The van der Waals surface area contributed by atoms with Crippen molar-refractivity contribution < 1.29 is 4.74 Å². The summed E-state index contributed by atoms with van der Waals surface area (Å²) in [6.45, 7) is 6.51. The van der Waals surface area contributed by atoms with E-state index in [2.05, 4.69) is 44.1 Å². The Morgan fingerprint density at radius 2 is 2.29 bits per heavy atom. The van der Waals surface area contributed by atoms with Crippen LogP contribution in [0.15, 0.2) is 10.7 Å². The van der Waals surface area contributed by atoms with Crippen LogP contribution >= 0.6 is 15.9 Å². The molecule has 0 amide bonds. The third kappa shape index (κ3) is 4.23. The second-order valence-corrected chi connectivity index (χ2v) is 4.88. The average molecular weight is 298 g/mol. The summed E-state index contributed by atoms with van der Waals surface area (Å²) in [4.78, 5) is 8.39. The number of anilines is 1. The van der Waals surface area contributed by atoms with Gasteiger partial charge in [-0.15, -0.1) is 6.42 Å². The second kappa shape index (κ2) is 5.87. The van der Waals surface area contributed by atoms with Gasteiger partial charge in [0, 0.05) is 6.54 Å². The first-order chi connectivity index (χ1) is 7.98. The lowest BCUT2D eigenvalue weighted by molar-refractivity contribution is 0.163. The molecule has 1 aromatic rings. The Morgan fingerprint density at radius 1 is 1.59 bits per heavy atom. The summed E-state index contributed by atoms with van der Waals surface area (Å²) in [7, 11) is 0. The van der Waals surface area contributed by atoms with Crippen LogP contribution in [0.1, 0.15) is 27.2 Å². The Bertz CT molecular complexity index is 426. The average Bonchev–Trinajstić information content (AvgIpc) is 2.30. The van der Waals surface area contributed by atoms with E-state index in [-0.39, 0.29) is 0 Å². The molecule has 0 aliphatic heterocycles. The van der Waals surface area contributed by atoms with Crippen molar-refractivity contribution in [2.75, 3.05) is 11.9 Å². The van der Waals surface area contributed by atoms with Crippen LogP contribution in [0.25, 0.3) is 0 Å². The minimum atomic E-state index is -0.696. The van der Waals surface area contributed by atoms with Gasteiger partial charge in [0.15, 0.2) is 5.60 Å². The fraction of sp³-hybridized carbons (Fsp3) is 0.500. The van der Waals surface area contributed by atoms with E-state index in [0.29, 0.717) is 16.3 Å². The number of aromatic nitrogens is 2. The molecule has 0 saturated heterocycles. The predicted molar refractivity (Wildman–Crippen MR) is 72.1 cm³/mol. The lowest BCUT2D eigenvalue weighted by atomic mass is 10.1. The van der Waals surface area contributed by atoms with Crippen LogP contribution in [-0.2, 0) is 0 Å². The molecule has 0 atom stereocenters. The molecule has 4 nitrogen and oxygen atoms in total. The molecule has 0 aromatic carbocycles. The molecule has 0 bridgehead atoms. The van der Waals surface area contributed by atoms with Crippen molar-refractivity contribution in [2.45, 2.75) is 32.8 Å². The zero-order chi connectivity index (χ0) is 12.9. The van der Waals surface area contributed by atoms with E-state index in [1.54, 1.807) is 20.0 Å². The van der Waals surface area contributed by atoms with Gasteiger partial charge in [0.2, 0.25) is 11.8 Å². The lowest BCUT2D eigenvalue weighted by Gasteiger charge is -2.20. The third-order valence-corrected chi connectivity index (χ3v) is 2.49. The number of hydrogen-bond acceptors (Lipinski definition) is 4. The summed E-state index contributed by atoms with van der Waals surface area (Å²) in [5.74, 6) is 3.54. The van der Waals surface area contributed by atoms with Crippen LogP contribution in [0, 0.1) is 12.3 Å². The van der Waals surface area contributed by atoms with E-state index in [9.17, 15) is 0 Å². The number of terminal acetylenes is 1. The number of nitrogens with one attached hydrogen (secondary N) is 1. The summed E-state index contributed by atoms with van der Waals surface area (Å²) in [6, 6.07) is 0. The maximum Gasteiger partial charge on any atom is 0.234 e. The first kappa shape index (κ1) is 13.8. The molecule has 1 aromatic heterocycles. The van der Waals surface area contributed by atoms with Crippen molar-refractivity contribution in [2.24, 2.45) is 0 Å². The van der Waals surface area contributed by atoms with Gasteiger partial charge < -0.3 is 10.1 Å². The second-order valence-electron chi connectivity index (χ2n) is 4.03. The van der Waals surface area contributed by atoms with Crippen molar-refractivity contribution >= 4 is 21.9 Å². The molecule has 0 aliphatic rings. The molecule has 1 N–H and O–H groups in total. The number of ether oxygens (including phenoxy) is 1. The molecule has 1 rings (SSSR count). The topological polar surface area (TPSA) is 47.0 Å². The van der Waals surface area contributed by atoms with Crippen molar-refractivity contribution in [1.29, 1.82) is 0 Å². The largest absolute Gasteiger partial charge is 0.458 e. The van der Waals surface area contributed by atoms with Gasteiger partial charge >= 0.3 is 0 Å². The normalized spacial score (nSPS) is 10.8. The summed E-state index contributed by atoms with van der Waals surface area (Å²) in [5, 5.41) is 3.09. The van der Waals surface area contributed by atoms with Gasteiger partial charge in [0.25, 0.3) is 0 Å². The summed E-state index contributed by atoms with van der Waals surface area (Å²) in [6.07, 6.45) is 8.02. The van der Waals surface area contributed by atoms with Crippen LogP contribution in [-0.4, -0.2) is 22.1 Å². The Morgan fingerprint density at radius 3 is 2.88 bits per heavy atom. The van der Waals surface area contributed by atoms with E-state index >= 15 is 0 Å². The first-order valence-electron chi connectivity index (χ1n) is 5.41. The SMILES string of the molecule is C#CC(C)(C)Oc1nc(NCCC)ncc1Br. The zero-order valence-corrected chi connectivity index (χ0v) is 11.8. The minimum Gasteiger partial charge on any atom is -0.458 e. The first-order valence-corrected chi connectivity index (χ1v) is 6.21. The highest BCUT2D eigenvalue weighted by molar-refractivity contribution is 9.10.